The lowest BCUT2D eigenvalue weighted by molar-refractivity contribution is -0.112. The zero-order chi connectivity index (χ0) is 16.4. The number of carbonyl (C=O) groups is 1. The Morgan fingerprint density at radius 3 is 2.96 bits per heavy atom. The highest BCUT2D eigenvalue weighted by molar-refractivity contribution is 8.04. The number of anilines is 1. The van der Waals surface area contributed by atoms with Crippen molar-refractivity contribution in [2.45, 2.75) is 15.5 Å². The summed E-state index contributed by atoms with van der Waals surface area (Å²) in [5, 5.41) is 5.03. The van der Waals surface area contributed by atoms with Crippen LogP contribution in [0.2, 0.25) is 0 Å². The number of nitrogens with one attached hydrogen (secondary N) is 1. The second-order valence-corrected chi connectivity index (χ2v) is 8.77. The van der Waals surface area contributed by atoms with Crippen molar-refractivity contribution in [2.75, 3.05) is 11.1 Å². The average Bonchev–Trinajstić information content (AvgIpc) is 3.27. The molecule has 3 aromatic rings. The molecule has 0 bridgehead atoms. The number of para-hydroxylation sites is 1. The van der Waals surface area contributed by atoms with Crippen molar-refractivity contribution < 1.29 is 4.79 Å². The summed E-state index contributed by atoms with van der Waals surface area (Å²) in [6, 6.07) is 14.2. The van der Waals surface area contributed by atoms with Gasteiger partial charge in [0.25, 0.3) is 5.91 Å². The molecule has 6 heteroatoms. The molecule has 1 aliphatic rings. The highest BCUT2D eigenvalue weighted by Gasteiger charge is 2.15. The van der Waals surface area contributed by atoms with Crippen molar-refractivity contribution in [3.63, 3.8) is 0 Å². The fraction of sp³-hybridized carbons (Fsp3) is 0.111. The number of benzene rings is 1. The normalized spacial score (nSPS) is 13.9. The van der Waals surface area contributed by atoms with Gasteiger partial charge in [0.05, 0.1) is 19.6 Å². The fourth-order valence-corrected chi connectivity index (χ4v) is 5.43. The van der Waals surface area contributed by atoms with Gasteiger partial charge in [-0.3, -0.25) is 9.78 Å². The van der Waals surface area contributed by atoms with Gasteiger partial charge in [-0.05, 0) is 30.7 Å². The van der Waals surface area contributed by atoms with Crippen LogP contribution in [0.5, 0.6) is 0 Å². The fourth-order valence-electron chi connectivity index (χ4n) is 2.46. The van der Waals surface area contributed by atoms with Gasteiger partial charge in [-0.1, -0.05) is 36.0 Å². The first-order valence-electron chi connectivity index (χ1n) is 7.55. The number of fused-ring (bicyclic) bond motifs is 1. The van der Waals surface area contributed by atoms with E-state index < -0.39 is 0 Å². The summed E-state index contributed by atoms with van der Waals surface area (Å²) in [6.45, 7) is 0. The standard InChI is InChI=1S/C18H14N2OS3/c21-18(15-6-3-11-22-15)20-16-7-8-17(24-16)23-14-9-10-19-13-5-2-1-4-12(13)14/h1-2,4-10H,3,11H2,(H,20,21). The number of thioether (sulfide) groups is 1. The van der Waals surface area contributed by atoms with Gasteiger partial charge in [0.2, 0.25) is 0 Å². The molecule has 0 radical (unpaired) electrons. The number of thiophene rings is 1. The zero-order valence-electron chi connectivity index (χ0n) is 12.7. The van der Waals surface area contributed by atoms with Crippen molar-refractivity contribution >= 4 is 56.7 Å². The Kier molecular flexibility index (Phi) is 4.60. The third-order valence-electron chi connectivity index (χ3n) is 3.57. The van der Waals surface area contributed by atoms with Crippen LogP contribution >= 0.6 is 34.9 Å². The summed E-state index contributed by atoms with van der Waals surface area (Å²) in [7, 11) is 0. The summed E-state index contributed by atoms with van der Waals surface area (Å²) >= 11 is 4.92. The van der Waals surface area contributed by atoms with E-state index in [1.165, 1.54) is 4.90 Å². The molecule has 0 saturated carbocycles. The van der Waals surface area contributed by atoms with Gasteiger partial charge in [0.1, 0.15) is 0 Å². The number of allylic oxidation sites excluding steroid dienone is 1. The van der Waals surface area contributed by atoms with Crippen molar-refractivity contribution in [2.24, 2.45) is 0 Å². The quantitative estimate of drug-likeness (QED) is 0.667. The van der Waals surface area contributed by atoms with Gasteiger partial charge in [-0.15, -0.1) is 23.1 Å². The van der Waals surface area contributed by atoms with Crippen LogP contribution in [0.3, 0.4) is 0 Å². The molecule has 2 aromatic heterocycles. The molecule has 3 heterocycles. The first-order chi connectivity index (χ1) is 11.8. The predicted molar refractivity (Wildman–Crippen MR) is 104 cm³/mol. The summed E-state index contributed by atoms with van der Waals surface area (Å²) in [6.07, 6.45) is 4.82. The van der Waals surface area contributed by atoms with Gasteiger partial charge in [0, 0.05) is 22.2 Å². The van der Waals surface area contributed by atoms with Gasteiger partial charge in [-0.2, -0.15) is 0 Å². The predicted octanol–water partition coefficient (Wildman–Crippen LogP) is 5.41. The Hall–Kier alpha value is -1.76. The minimum atomic E-state index is 0.00487. The molecule has 0 spiro atoms. The maximum Gasteiger partial charge on any atom is 0.262 e. The molecule has 0 unspecified atom stereocenters. The number of nitrogens with zero attached hydrogens (tertiary/aromatic N) is 1. The molecule has 1 aromatic carbocycles. The third-order valence-corrected chi connectivity index (χ3v) is 6.88. The van der Waals surface area contributed by atoms with Crippen LogP contribution in [-0.2, 0) is 4.79 Å². The Morgan fingerprint density at radius 1 is 1.17 bits per heavy atom. The summed E-state index contributed by atoms with van der Waals surface area (Å²) in [5.74, 6) is 1.01. The summed E-state index contributed by atoms with van der Waals surface area (Å²) in [4.78, 5) is 18.6. The average molecular weight is 371 g/mol. The molecule has 0 aliphatic carbocycles. The molecule has 0 atom stereocenters. The number of hydrogen-bond acceptors (Lipinski definition) is 5. The molecule has 0 saturated heterocycles. The van der Waals surface area contributed by atoms with Crippen molar-refractivity contribution in [3.05, 3.63) is 59.6 Å². The Labute approximate surface area is 152 Å². The molecule has 0 fully saturated rings. The largest absolute Gasteiger partial charge is 0.313 e. The molecular weight excluding hydrogens is 356 g/mol. The van der Waals surface area contributed by atoms with E-state index in [1.54, 1.807) is 34.9 Å². The van der Waals surface area contributed by atoms with Crippen LogP contribution in [0.25, 0.3) is 10.9 Å². The smallest absolute Gasteiger partial charge is 0.262 e. The summed E-state index contributed by atoms with van der Waals surface area (Å²) in [5.41, 5.74) is 0.998. The van der Waals surface area contributed by atoms with Crippen molar-refractivity contribution in [1.29, 1.82) is 0 Å². The van der Waals surface area contributed by atoms with Crippen LogP contribution in [0.1, 0.15) is 6.42 Å². The number of hydrogen-bond donors (Lipinski definition) is 1. The van der Waals surface area contributed by atoms with E-state index in [9.17, 15) is 4.79 Å². The topological polar surface area (TPSA) is 42.0 Å². The van der Waals surface area contributed by atoms with E-state index in [1.807, 2.05) is 42.6 Å². The zero-order valence-corrected chi connectivity index (χ0v) is 15.1. The number of carbonyl (C=O) groups excluding carboxylic acids is 1. The number of rotatable bonds is 4. The molecule has 4 rings (SSSR count). The van der Waals surface area contributed by atoms with Crippen molar-refractivity contribution in [1.82, 2.24) is 4.98 Å². The molecule has 1 amide bonds. The molecule has 24 heavy (non-hydrogen) atoms. The third kappa shape index (κ3) is 3.36. The van der Waals surface area contributed by atoms with E-state index >= 15 is 0 Å². The van der Waals surface area contributed by atoms with Gasteiger partial charge >= 0.3 is 0 Å². The minimum Gasteiger partial charge on any atom is -0.313 e. The van der Waals surface area contributed by atoms with Gasteiger partial charge < -0.3 is 5.32 Å². The Morgan fingerprint density at radius 2 is 2.08 bits per heavy atom. The Balaban J connectivity index is 1.51. The minimum absolute atomic E-state index is 0.00487. The van der Waals surface area contributed by atoms with Crippen molar-refractivity contribution in [3.8, 4) is 0 Å². The van der Waals surface area contributed by atoms with E-state index in [0.29, 0.717) is 0 Å². The molecule has 120 valence electrons. The van der Waals surface area contributed by atoms with Crippen LogP contribution < -0.4 is 5.32 Å². The van der Waals surface area contributed by atoms with E-state index in [4.69, 9.17) is 0 Å². The highest BCUT2D eigenvalue weighted by atomic mass is 32.2. The lowest BCUT2D eigenvalue weighted by atomic mass is 10.2. The van der Waals surface area contributed by atoms with Gasteiger partial charge in [0.15, 0.2) is 0 Å². The number of amides is 1. The summed E-state index contributed by atoms with van der Waals surface area (Å²) < 4.78 is 1.15. The molecule has 1 N–H and O–H groups in total. The van der Waals surface area contributed by atoms with E-state index in [0.717, 1.165) is 37.2 Å². The molecule has 3 nitrogen and oxygen atoms in total. The number of aromatic nitrogens is 1. The van der Waals surface area contributed by atoms with Crippen LogP contribution in [0.4, 0.5) is 5.00 Å². The number of pyridine rings is 1. The second-order valence-electron chi connectivity index (χ2n) is 5.21. The SMILES string of the molecule is O=C(Nc1ccc(Sc2ccnc3ccccc23)s1)C1=CCCS1. The van der Waals surface area contributed by atoms with Crippen LogP contribution in [-0.4, -0.2) is 16.6 Å². The highest BCUT2D eigenvalue weighted by Crippen LogP contribution is 2.38. The lowest BCUT2D eigenvalue weighted by Gasteiger charge is -2.04. The van der Waals surface area contributed by atoms with E-state index in [-0.39, 0.29) is 5.91 Å². The van der Waals surface area contributed by atoms with Gasteiger partial charge in [-0.25, -0.2) is 0 Å². The second kappa shape index (κ2) is 7.01. The molecular formula is C18H14N2OS3. The lowest BCUT2D eigenvalue weighted by Crippen LogP contribution is -2.10. The van der Waals surface area contributed by atoms with Crippen LogP contribution in [0.15, 0.2) is 68.7 Å². The first kappa shape index (κ1) is 15.7. The maximum absolute atomic E-state index is 12.1. The maximum atomic E-state index is 12.1. The first-order valence-corrected chi connectivity index (χ1v) is 10.2. The van der Waals surface area contributed by atoms with E-state index in [2.05, 4.69) is 22.4 Å². The Bertz CT molecular complexity index is 927. The monoisotopic (exact) mass is 370 g/mol. The molecule has 1 aliphatic heterocycles. The van der Waals surface area contributed by atoms with Crippen LogP contribution in [0, 0.1) is 0 Å².